The van der Waals surface area contributed by atoms with E-state index in [1.54, 1.807) is 25.2 Å². The van der Waals surface area contributed by atoms with E-state index in [-0.39, 0.29) is 17.2 Å². The Bertz CT molecular complexity index is 708. The Hall–Kier alpha value is -2.07. The van der Waals surface area contributed by atoms with Crippen LogP contribution in [0.25, 0.3) is 0 Å². The van der Waals surface area contributed by atoms with Gasteiger partial charge in [0.15, 0.2) is 6.10 Å². The summed E-state index contributed by atoms with van der Waals surface area (Å²) in [6.45, 7) is 1.51. The predicted molar refractivity (Wildman–Crippen MR) is 97.6 cm³/mol. The zero-order valence-corrected chi connectivity index (χ0v) is 16.0. The maximum Gasteiger partial charge on any atom is 0.341 e. The minimum absolute atomic E-state index is 0.198. The summed E-state index contributed by atoms with van der Waals surface area (Å²) in [5.41, 5.74) is 5.46. The number of esters is 1. The molecule has 1 aromatic rings. The molecule has 1 amide bonds. The van der Waals surface area contributed by atoms with E-state index in [9.17, 15) is 14.9 Å². The molecule has 1 aromatic carbocycles. The number of halogens is 1. The summed E-state index contributed by atoms with van der Waals surface area (Å²) in [6.07, 6.45) is 3.18. The lowest BCUT2D eigenvalue weighted by Gasteiger charge is -2.39. The second-order valence-corrected chi connectivity index (χ2v) is 7.30. The number of carbonyl (C=O) groups excluding carboxylic acids is 2. The van der Waals surface area contributed by atoms with E-state index in [0.29, 0.717) is 17.3 Å². The zero-order chi connectivity index (χ0) is 18.6. The van der Waals surface area contributed by atoms with E-state index in [2.05, 4.69) is 22.0 Å². The van der Waals surface area contributed by atoms with Crippen molar-refractivity contribution >= 4 is 33.5 Å². The average Bonchev–Trinajstić information content (AvgIpc) is 2.62. The van der Waals surface area contributed by atoms with Crippen molar-refractivity contribution in [2.45, 2.75) is 50.7 Å². The van der Waals surface area contributed by atoms with Crippen LogP contribution in [-0.4, -0.2) is 35.5 Å². The lowest BCUT2D eigenvalue weighted by Crippen LogP contribution is -2.53. The number of nitrogens with two attached hydrogens (primary N) is 1. The summed E-state index contributed by atoms with van der Waals surface area (Å²) in [5.74, 6) is -1.05. The van der Waals surface area contributed by atoms with Crippen molar-refractivity contribution in [1.29, 1.82) is 5.26 Å². The molecule has 1 saturated carbocycles. The summed E-state index contributed by atoms with van der Waals surface area (Å²) in [5, 5.41) is 9.60. The van der Waals surface area contributed by atoms with E-state index < -0.39 is 17.6 Å². The summed E-state index contributed by atoms with van der Waals surface area (Å²) in [4.78, 5) is 26.4. The van der Waals surface area contributed by atoms with Crippen molar-refractivity contribution in [2.24, 2.45) is 0 Å². The Balaban J connectivity index is 2.10. The standard InChI is InChI=1S/C18H22BrN3O3/c1-12(25-17(24)14-10-13(19)6-7-15(14)21)16(23)22(2)18(11-20)8-4-3-5-9-18/h6-7,10,12H,3-5,8-9,21H2,1-2H3/t12-/m1/s1. The first-order chi connectivity index (χ1) is 11.8. The molecule has 0 spiro atoms. The Kier molecular flexibility index (Phi) is 6.07. The molecule has 2 rings (SSSR count). The van der Waals surface area contributed by atoms with Gasteiger partial charge in [0.25, 0.3) is 5.91 Å². The number of rotatable bonds is 4. The van der Waals surface area contributed by atoms with Gasteiger partial charge in [-0.2, -0.15) is 5.26 Å². The van der Waals surface area contributed by atoms with Crippen LogP contribution in [0.5, 0.6) is 0 Å². The first kappa shape index (κ1) is 19.3. The van der Waals surface area contributed by atoms with Crippen LogP contribution in [0.1, 0.15) is 49.4 Å². The molecule has 0 radical (unpaired) electrons. The topological polar surface area (TPSA) is 96.4 Å². The van der Waals surface area contributed by atoms with Crippen molar-refractivity contribution in [3.05, 3.63) is 28.2 Å². The van der Waals surface area contributed by atoms with Crippen molar-refractivity contribution < 1.29 is 14.3 Å². The molecular formula is C18H22BrN3O3. The molecule has 6 nitrogen and oxygen atoms in total. The Morgan fingerprint density at radius 3 is 2.60 bits per heavy atom. The van der Waals surface area contributed by atoms with Gasteiger partial charge in [-0.15, -0.1) is 0 Å². The Morgan fingerprint density at radius 1 is 1.36 bits per heavy atom. The molecule has 7 heteroatoms. The second-order valence-electron chi connectivity index (χ2n) is 6.38. The highest BCUT2D eigenvalue weighted by atomic mass is 79.9. The summed E-state index contributed by atoms with van der Waals surface area (Å²) in [6, 6.07) is 7.15. The molecule has 0 bridgehead atoms. The Morgan fingerprint density at radius 2 is 2.00 bits per heavy atom. The number of anilines is 1. The number of nitrogen functional groups attached to an aromatic ring is 1. The lowest BCUT2D eigenvalue weighted by molar-refractivity contribution is -0.143. The fourth-order valence-corrected chi connectivity index (χ4v) is 3.48. The molecule has 0 aliphatic heterocycles. The smallest absolute Gasteiger partial charge is 0.341 e. The third-order valence-electron chi connectivity index (χ3n) is 4.73. The van der Waals surface area contributed by atoms with Crippen molar-refractivity contribution in [2.75, 3.05) is 12.8 Å². The highest BCUT2D eigenvalue weighted by Crippen LogP contribution is 2.33. The van der Waals surface area contributed by atoms with Crippen LogP contribution >= 0.6 is 15.9 Å². The minimum atomic E-state index is -0.997. The second kappa shape index (κ2) is 7.87. The van der Waals surface area contributed by atoms with Gasteiger partial charge in [-0.25, -0.2) is 4.79 Å². The number of hydrogen-bond donors (Lipinski definition) is 1. The Labute approximate surface area is 156 Å². The van der Waals surface area contributed by atoms with Crippen LogP contribution in [0.3, 0.4) is 0 Å². The molecule has 134 valence electrons. The van der Waals surface area contributed by atoms with Crippen molar-refractivity contribution in [3.8, 4) is 6.07 Å². The van der Waals surface area contributed by atoms with Gasteiger partial charge in [-0.1, -0.05) is 35.2 Å². The molecule has 0 saturated heterocycles. The maximum absolute atomic E-state index is 12.7. The third kappa shape index (κ3) is 4.13. The third-order valence-corrected chi connectivity index (χ3v) is 5.22. The monoisotopic (exact) mass is 407 g/mol. The normalized spacial score (nSPS) is 17.2. The predicted octanol–water partition coefficient (Wildman–Crippen LogP) is 3.26. The minimum Gasteiger partial charge on any atom is -0.449 e. The van der Waals surface area contributed by atoms with Crippen molar-refractivity contribution in [3.63, 3.8) is 0 Å². The summed E-state index contributed by atoms with van der Waals surface area (Å²) in [7, 11) is 1.61. The van der Waals surface area contributed by atoms with Crippen LogP contribution in [-0.2, 0) is 9.53 Å². The SMILES string of the molecule is C[C@@H](OC(=O)c1cc(Br)ccc1N)C(=O)N(C)C1(C#N)CCCCC1. The number of amides is 1. The van der Waals surface area contributed by atoms with Gasteiger partial charge in [-0.3, -0.25) is 4.79 Å². The number of benzene rings is 1. The average molecular weight is 408 g/mol. The number of hydrogen-bond acceptors (Lipinski definition) is 5. The largest absolute Gasteiger partial charge is 0.449 e. The number of likely N-dealkylation sites (N-methyl/N-ethyl adjacent to an activating group) is 1. The van der Waals surface area contributed by atoms with E-state index in [1.807, 2.05) is 0 Å². The molecule has 1 atom stereocenters. The number of carbonyl (C=O) groups is 2. The van der Waals surface area contributed by atoms with Gasteiger partial charge >= 0.3 is 5.97 Å². The first-order valence-electron chi connectivity index (χ1n) is 8.25. The van der Waals surface area contributed by atoms with Gasteiger partial charge in [0.05, 0.1) is 11.6 Å². The van der Waals surface area contributed by atoms with E-state index >= 15 is 0 Å². The molecule has 0 aromatic heterocycles. The lowest BCUT2D eigenvalue weighted by atomic mass is 9.81. The van der Waals surface area contributed by atoms with Gasteiger partial charge in [0.1, 0.15) is 5.54 Å². The highest BCUT2D eigenvalue weighted by molar-refractivity contribution is 9.10. The van der Waals surface area contributed by atoms with Crippen LogP contribution in [0.4, 0.5) is 5.69 Å². The molecule has 0 heterocycles. The molecular weight excluding hydrogens is 386 g/mol. The fourth-order valence-electron chi connectivity index (χ4n) is 3.12. The van der Waals surface area contributed by atoms with Gasteiger partial charge in [-0.05, 0) is 38.0 Å². The van der Waals surface area contributed by atoms with Crippen LogP contribution in [0.2, 0.25) is 0 Å². The fraction of sp³-hybridized carbons (Fsp3) is 0.500. The maximum atomic E-state index is 12.7. The first-order valence-corrected chi connectivity index (χ1v) is 9.05. The van der Waals surface area contributed by atoms with Crippen LogP contribution in [0.15, 0.2) is 22.7 Å². The van der Waals surface area contributed by atoms with Crippen LogP contribution in [0, 0.1) is 11.3 Å². The molecule has 1 aliphatic rings. The molecule has 25 heavy (non-hydrogen) atoms. The quantitative estimate of drug-likeness (QED) is 0.609. The number of ether oxygens (including phenoxy) is 1. The molecule has 1 aliphatic carbocycles. The zero-order valence-electron chi connectivity index (χ0n) is 14.4. The van der Waals surface area contributed by atoms with Crippen LogP contribution < -0.4 is 5.73 Å². The van der Waals surface area contributed by atoms with E-state index in [4.69, 9.17) is 10.5 Å². The summed E-state index contributed by atoms with van der Waals surface area (Å²) < 4.78 is 5.99. The summed E-state index contributed by atoms with van der Waals surface area (Å²) >= 11 is 3.28. The van der Waals surface area contributed by atoms with Crippen molar-refractivity contribution in [1.82, 2.24) is 4.90 Å². The molecule has 2 N–H and O–H groups in total. The highest BCUT2D eigenvalue weighted by Gasteiger charge is 2.40. The number of nitrogens with zero attached hydrogens (tertiary/aromatic N) is 2. The van der Waals surface area contributed by atoms with E-state index in [0.717, 1.165) is 19.3 Å². The van der Waals surface area contributed by atoms with Gasteiger partial charge in [0, 0.05) is 17.2 Å². The van der Waals surface area contributed by atoms with E-state index in [1.165, 1.54) is 11.8 Å². The molecule has 1 fully saturated rings. The van der Waals surface area contributed by atoms with Gasteiger partial charge < -0.3 is 15.4 Å². The molecule has 0 unspecified atom stereocenters. The van der Waals surface area contributed by atoms with Gasteiger partial charge in [0.2, 0.25) is 0 Å². The number of nitriles is 1.